The van der Waals surface area contributed by atoms with Gasteiger partial charge in [0.05, 0.1) is 6.20 Å². The molecule has 1 aromatic rings. The Bertz CT molecular complexity index is 198. The van der Waals surface area contributed by atoms with Crippen LogP contribution in [0.1, 0.15) is 5.56 Å². The summed E-state index contributed by atoms with van der Waals surface area (Å²) in [6.45, 7) is 0.977. The Morgan fingerprint density at radius 2 is 2.67 bits per heavy atom. The number of rotatable bonds is 0. The van der Waals surface area contributed by atoms with E-state index in [0.717, 1.165) is 24.3 Å². The average Bonchev–Trinajstić information content (AvgIpc) is 2.33. The number of hydrogen-bond donors (Lipinski definition) is 1. The lowest BCUT2D eigenvalue weighted by Gasteiger charge is -1.91. The highest BCUT2D eigenvalue weighted by molar-refractivity contribution is 5.46. The summed E-state index contributed by atoms with van der Waals surface area (Å²) in [5.74, 6) is 0.949. The second-order valence-electron chi connectivity index (χ2n) is 1.99. The van der Waals surface area contributed by atoms with Crippen LogP contribution in [0.5, 0.6) is 0 Å². The Morgan fingerprint density at radius 3 is 3.56 bits per heavy atom. The first kappa shape index (κ1) is 4.73. The van der Waals surface area contributed by atoms with E-state index >= 15 is 0 Å². The van der Waals surface area contributed by atoms with E-state index in [2.05, 4.69) is 21.5 Å². The van der Waals surface area contributed by atoms with Crippen molar-refractivity contribution in [1.82, 2.24) is 9.97 Å². The molecule has 1 N–H and O–H groups in total. The highest BCUT2D eigenvalue weighted by atomic mass is 15.0. The molecule has 0 unspecified atom stereocenters. The van der Waals surface area contributed by atoms with Crippen molar-refractivity contribution >= 4 is 5.82 Å². The van der Waals surface area contributed by atoms with Gasteiger partial charge in [-0.2, -0.15) is 0 Å². The van der Waals surface area contributed by atoms with Crippen LogP contribution in [-0.2, 0) is 6.42 Å². The molecule has 1 aromatic heterocycles. The summed E-state index contributed by atoms with van der Waals surface area (Å²) in [6, 6.07) is 0. The van der Waals surface area contributed by atoms with Crippen LogP contribution in [0.25, 0.3) is 0 Å². The Hall–Kier alpha value is -1.12. The molecule has 3 nitrogen and oxygen atoms in total. The van der Waals surface area contributed by atoms with Gasteiger partial charge in [0, 0.05) is 12.1 Å². The monoisotopic (exact) mass is 120 g/mol. The number of anilines is 1. The molecule has 0 saturated carbocycles. The first-order valence-electron chi connectivity index (χ1n) is 2.92. The SMILES string of the molecule is [c]1ncnc2c1CCN2. The molecule has 0 aliphatic carbocycles. The zero-order valence-corrected chi connectivity index (χ0v) is 4.89. The molecule has 2 rings (SSSR count). The quantitative estimate of drug-likeness (QED) is 0.533. The summed E-state index contributed by atoms with van der Waals surface area (Å²) < 4.78 is 0. The van der Waals surface area contributed by atoms with Crippen molar-refractivity contribution in [1.29, 1.82) is 0 Å². The number of nitrogens with zero attached hydrogens (tertiary/aromatic N) is 2. The zero-order chi connectivity index (χ0) is 6.10. The van der Waals surface area contributed by atoms with Gasteiger partial charge in [-0.25, -0.2) is 9.97 Å². The molecule has 1 radical (unpaired) electrons. The number of nitrogens with one attached hydrogen (secondary N) is 1. The van der Waals surface area contributed by atoms with Gasteiger partial charge in [0.1, 0.15) is 12.1 Å². The van der Waals surface area contributed by atoms with Gasteiger partial charge >= 0.3 is 0 Å². The Balaban J connectivity index is 2.54. The summed E-state index contributed by atoms with van der Waals surface area (Å²) in [5, 5.41) is 3.12. The Labute approximate surface area is 53.1 Å². The summed E-state index contributed by atoms with van der Waals surface area (Å²) in [5.41, 5.74) is 1.11. The first-order chi connectivity index (χ1) is 4.47. The molecule has 0 atom stereocenters. The molecular formula is C6H6N3. The number of aromatic nitrogens is 2. The van der Waals surface area contributed by atoms with E-state index in [1.807, 2.05) is 0 Å². The largest absolute Gasteiger partial charge is 0.369 e. The third kappa shape index (κ3) is 0.650. The summed E-state index contributed by atoms with van der Waals surface area (Å²) >= 11 is 0. The standard InChI is InChI=1S/C6H6N3/c1-2-8-6-5(1)3-7-4-9-6/h4H,1-2H2,(H,7,8,9). The van der Waals surface area contributed by atoms with Crippen molar-refractivity contribution in [2.24, 2.45) is 0 Å². The minimum absolute atomic E-state index is 0.949. The second-order valence-corrected chi connectivity index (χ2v) is 1.99. The predicted octanol–water partition coefficient (Wildman–Crippen LogP) is 0.245. The van der Waals surface area contributed by atoms with Gasteiger partial charge in [-0.1, -0.05) is 0 Å². The van der Waals surface area contributed by atoms with Gasteiger partial charge in [0.15, 0.2) is 0 Å². The Kier molecular flexibility index (Phi) is 0.886. The fourth-order valence-corrected chi connectivity index (χ4v) is 0.957. The molecule has 0 spiro atoms. The molecule has 2 heterocycles. The van der Waals surface area contributed by atoms with E-state index in [9.17, 15) is 0 Å². The van der Waals surface area contributed by atoms with Crippen molar-refractivity contribution in [2.45, 2.75) is 6.42 Å². The van der Waals surface area contributed by atoms with E-state index in [1.165, 1.54) is 6.33 Å². The minimum Gasteiger partial charge on any atom is -0.369 e. The maximum Gasteiger partial charge on any atom is 0.133 e. The molecule has 45 valence electrons. The van der Waals surface area contributed by atoms with Crippen molar-refractivity contribution < 1.29 is 0 Å². The molecule has 0 fully saturated rings. The van der Waals surface area contributed by atoms with Crippen molar-refractivity contribution in [2.75, 3.05) is 11.9 Å². The van der Waals surface area contributed by atoms with Crippen LogP contribution in [0.15, 0.2) is 6.33 Å². The fraction of sp³-hybridized carbons (Fsp3) is 0.333. The van der Waals surface area contributed by atoms with Crippen LogP contribution in [0.4, 0.5) is 5.82 Å². The highest BCUT2D eigenvalue weighted by Gasteiger charge is 2.09. The minimum atomic E-state index is 0.949. The van der Waals surface area contributed by atoms with Crippen LogP contribution in [0.3, 0.4) is 0 Å². The van der Waals surface area contributed by atoms with Crippen molar-refractivity contribution in [3.8, 4) is 0 Å². The van der Waals surface area contributed by atoms with Crippen molar-refractivity contribution in [3.63, 3.8) is 0 Å². The Morgan fingerprint density at radius 1 is 1.67 bits per heavy atom. The molecule has 1 aliphatic heterocycles. The van der Waals surface area contributed by atoms with Gasteiger partial charge < -0.3 is 5.32 Å². The summed E-state index contributed by atoms with van der Waals surface area (Å²) in [7, 11) is 0. The predicted molar refractivity (Wildman–Crippen MR) is 33.1 cm³/mol. The van der Waals surface area contributed by atoms with E-state index in [1.54, 1.807) is 0 Å². The molecular weight excluding hydrogens is 114 g/mol. The van der Waals surface area contributed by atoms with Crippen LogP contribution < -0.4 is 5.32 Å². The summed E-state index contributed by atoms with van der Waals surface area (Å²) in [6.07, 6.45) is 5.40. The van der Waals surface area contributed by atoms with Crippen molar-refractivity contribution in [3.05, 3.63) is 18.1 Å². The maximum atomic E-state index is 4.01. The zero-order valence-electron chi connectivity index (χ0n) is 4.89. The van der Waals surface area contributed by atoms with Gasteiger partial charge in [-0.3, -0.25) is 0 Å². The molecule has 0 aromatic carbocycles. The van der Waals surface area contributed by atoms with Gasteiger partial charge in [0.2, 0.25) is 0 Å². The van der Waals surface area contributed by atoms with E-state index < -0.39 is 0 Å². The first-order valence-corrected chi connectivity index (χ1v) is 2.92. The van der Waals surface area contributed by atoms with Gasteiger partial charge in [-0.15, -0.1) is 0 Å². The van der Waals surface area contributed by atoms with E-state index in [-0.39, 0.29) is 0 Å². The topological polar surface area (TPSA) is 37.8 Å². The van der Waals surface area contributed by atoms with Gasteiger partial charge in [-0.05, 0) is 6.42 Å². The smallest absolute Gasteiger partial charge is 0.133 e. The number of fused-ring (bicyclic) bond motifs is 1. The average molecular weight is 120 g/mol. The van der Waals surface area contributed by atoms with Crippen LogP contribution in [0, 0.1) is 6.20 Å². The van der Waals surface area contributed by atoms with E-state index in [0.29, 0.717) is 0 Å². The van der Waals surface area contributed by atoms with Crippen LogP contribution in [-0.4, -0.2) is 16.5 Å². The molecule has 3 heteroatoms. The van der Waals surface area contributed by atoms with Crippen LogP contribution in [0.2, 0.25) is 0 Å². The fourth-order valence-electron chi connectivity index (χ4n) is 0.957. The molecule has 0 bridgehead atoms. The van der Waals surface area contributed by atoms with Gasteiger partial charge in [0.25, 0.3) is 0 Å². The second kappa shape index (κ2) is 1.69. The van der Waals surface area contributed by atoms with E-state index in [4.69, 9.17) is 0 Å². The number of hydrogen-bond acceptors (Lipinski definition) is 3. The molecule has 9 heavy (non-hydrogen) atoms. The van der Waals surface area contributed by atoms with Crippen LogP contribution >= 0.6 is 0 Å². The molecule has 0 amide bonds. The third-order valence-electron chi connectivity index (χ3n) is 1.40. The highest BCUT2D eigenvalue weighted by Crippen LogP contribution is 2.14. The lowest BCUT2D eigenvalue weighted by Crippen LogP contribution is -1.92. The lowest BCUT2D eigenvalue weighted by atomic mass is 10.3. The summed E-state index contributed by atoms with van der Waals surface area (Å²) in [4.78, 5) is 7.79. The maximum absolute atomic E-state index is 4.01. The third-order valence-corrected chi connectivity index (χ3v) is 1.40. The lowest BCUT2D eigenvalue weighted by molar-refractivity contribution is 1.08. The normalized spacial score (nSPS) is 14.7. The molecule has 0 saturated heterocycles. The molecule has 1 aliphatic rings.